The van der Waals surface area contributed by atoms with E-state index < -0.39 is 10.0 Å². The molecule has 1 aromatic rings. The van der Waals surface area contributed by atoms with Crippen molar-refractivity contribution in [1.29, 1.82) is 0 Å². The van der Waals surface area contributed by atoms with Gasteiger partial charge in [-0.2, -0.15) is 4.31 Å². The normalized spacial score (nSPS) is 27.3. The van der Waals surface area contributed by atoms with E-state index in [1.165, 1.54) is 12.1 Å². The number of benzene rings is 1. The molecule has 4 unspecified atom stereocenters. The van der Waals surface area contributed by atoms with Gasteiger partial charge in [-0.05, 0) is 54.9 Å². The van der Waals surface area contributed by atoms with Gasteiger partial charge in [0.05, 0.1) is 4.90 Å². The highest BCUT2D eigenvalue weighted by atomic mass is 32.2. The molecule has 4 atom stereocenters. The molecule has 2 N–H and O–H groups in total. The summed E-state index contributed by atoms with van der Waals surface area (Å²) in [5.74, 6) is 1.02. The van der Waals surface area contributed by atoms with Crippen LogP contribution in [0.15, 0.2) is 29.2 Å². The van der Waals surface area contributed by atoms with E-state index in [-0.39, 0.29) is 29.0 Å². The van der Waals surface area contributed by atoms with E-state index in [0.717, 1.165) is 12.8 Å². The molecule has 8 heteroatoms. The number of sulfonamides is 1. The van der Waals surface area contributed by atoms with E-state index in [0.29, 0.717) is 43.1 Å². The van der Waals surface area contributed by atoms with Crippen LogP contribution in [0.5, 0.6) is 0 Å². The summed E-state index contributed by atoms with van der Waals surface area (Å²) >= 11 is 0. The molecule has 1 saturated heterocycles. The van der Waals surface area contributed by atoms with Crippen LogP contribution in [0.2, 0.25) is 0 Å². The van der Waals surface area contributed by atoms with Crippen LogP contribution in [0.1, 0.15) is 40.0 Å². The molecule has 3 rings (SSSR count). The second-order valence-electron chi connectivity index (χ2n) is 8.70. The Kier molecular flexibility index (Phi) is 6.63. The maximum absolute atomic E-state index is 12.9. The maximum atomic E-state index is 12.9. The third-order valence-electron chi connectivity index (χ3n) is 5.71. The van der Waals surface area contributed by atoms with Gasteiger partial charge in [-0.15, -0.1) is 0 Å². The van der Waals surface area contributed by atoms with Gasteiger partial charge in [-0.25, -0.2) is 8.42 Å². The molecular formula is C21H31N3O4S. The van der Waals surface area contributed by atoms with Crippen molar-refractivity contribution in [2.75, 3.05) is 25.0 Å². The van der Waals surface area contributed by atoms with Crippen molar-refractivity contribution in [3.63, 3.8) is 0 Å². The number of rotatable bonds is 7. The lowest BCUT2D eigenvalue weighted by Gasteiger charge is -2.34. The van der Waals surface area contributed by atoms with Crippen LogP contribution in [0.3, 0.4) is 0 Å². The number of nitrogens with one attached hydrogen (secondary N) is 2. The minimum atomic E-state index is -3.53. The quantitative estimate of drug-likeness (QED) is 0.707. The lowest BCUT2D eigenvalue weighted by atomic mass is 9.94. The van der Waals surface area contributed by atoms with Crippen molar-refractivity contribution in [3.8, 4) is 0 Å². The first-order chi connectivity index (χ1) is 13.7. The Hall–Kier alpha value is -1.93. The number of amides is 2. The van der Waals surface area contributed by atoms with Gasteiger partial charge in [0.2, 0.25) is 21.8 Å². The van der Waals surface area contributed by atoms with Crippen LogP contribution in [0.4, 0.5) is 5.69 Å². The van der Waals surface area contributed by atoms with Crippen molar-refractivity contribution in [1.82, 2.24) is 9.62 Å². The van der Waals surface area contributed by atoms with E-state index in [2.05, 4.69) is 24.5 Å². The van der Waals surface area contributed by atoms with Crippen molar-refractivity contribution in [3.05, 3.63) is 24.3 Å². The molecule has 1 saturated carbocycles. The van der Waals surface area contributed by atoms with E-state index in [9.17, 15) is 18.0 Å². The fourth-order valence-corrected chi connectivity index (χ4v) is 5.68. The molecule has 0 aromatic heterocycles. The number of carbonyl (C=O) groups is 2. The van der Waals surface area contributed by atoms with Crippen LogP contribution >= 0.6 is 0 Å². The molecule has 1 aliphatic carbocycles. The molecule has 160 valence electrons. The summed E-state index contributed by atoms with van der Waals surface area (Å²) in [6.07, 6.45) is 2.14. The summed E-state index contributed by atoms with van der Waals surface area (Å²) in [6.45, 7) is 7.56. The Morgan fingerprint density at radius 1 is 1.03 bits per heavy atom. The van der Waals surface area contributed by atoms with Gasteiger partial charge in [-0.3, -0.25) is 9.59 Å². The van der Waals surface area contributed by atoms with E-state index in [1.54, 1.807) is 16.4 Å². The van der Waals surface area contributed by atoms with Crippen molar-refractivity contribution >= 4 is 27.5 Å². The number of hydrogen-bond donors (Lipinski definition) is 2. The van der Waals surface area contributed by atoms with Crippen LogP contribution in [0, 0.1) is 23.7 Å². The molecule has 1 aromatic carbocycles. The van der Waals surface area contributed by atoms with Gasteiger partial charge in [-0.1, -0.05) is 20.8 Å². The summed E-state index contributed by atoms with van der Waals surface area (Å²) in [4.78, 5) is 24.0. The van der Waals surface area contributed by atoms with Gasteiger partial charge < -0.3 is 10.6 Å². The molecule has 1 aliphatic heterocycles. The van der Waals surface area contributed by atoms with Crippen LogP contribution in [-0.4, -0.2) is 44.2 Å². The average molecular weight is 422 g/mol. The third-order valence-corrected chi connectivity index (χ3v) is 7.55. The van der Waals surface area contributed by atoms with Gasteiger partial charge in [0.15, 0.2) is 0 Å². The first-order valence-corrected chi connectivity index (χ1v) is 11.8. The third kappa shape index (κ3) is 5.57. The predicted molar refractivity (Wildman–Crippen MR) is 112 cm³/mol. The van der Waals surface area contributed by atoms with Crippen LogP contribution in [0.25, 0.3) is 0 Å². The summed E-state index contributed by atoms with van der Waals surface area (Å²) in [5, 5.41) is 5.52. The zero-order chi connectivity index (χ0) is 21.2. The SMILES string of the molecule is CC1CC(C)CN(S(=O)(=O)c2ccc(NC(=O)CCNC(=O)C3CC3C)cc2)C1. The molecular weight excluding hydrogens is 390 g/mol. The highest BCUT2D eigenvalue weighted by Gasteiger charge is 2.38. The van der Waals surface area contributed by atoms with Gasteiger partial charge >= 0.3 is 0 Å². The van der Waals surface area contributed by atoms with Gasteiger partial charge in [0.1, 0.15) is 0 Å². The first-order valence-electron chi connectivity index (χ1n) is 10.3. The van der Waals surface area contributed by atoms with E-state index in [1.807, 2.05) is 6.92 Å². The Morgan fingerprint density at radius 3 is 2.17 bits per heavy atom. The van der Waals surface area contributed by atoms with E-state index >= 15 is 0 Å². The van der Waals surface area contributed by atoms with Gasteiger partial charge in [0.25, 0.3) is 0 Å². The van der Waals surface area contributed by atoms with Crippen molar-refractivity contribution in [2.24, 2.45) is 23.7 Å². The zero-order valence-electron chi connectivity index (χ0n) is 17.3. The topological polar surface area (TPSA) is 95.6 Å². The molecule has 2 aliphatic rings. The molecule has 2 fully saturated rings. The number of hydrogen-bond acceptors (Lipinski definition) is 4. The van der Waals surface area contributed by atoms with E-state index in [4.69, 9.17) is 0 Å². The zero-order valence-corrected chi connectivity index (χ0v) is 18.2. The van der Waals surface area contributed by atoms with Crippen LogP contribution in [-0.2, 0) is 19.6 Å². The second-order valence-corrected chi connectivity index (χ2v) is 10.6. The predicted octanol–water partition coefficient (Wildman–Crippen LogP) is 2.45. The summed E-state index contributed by atoms with van der Waals surface area (Å²) in [7, 11) is -3.53. The Balaban J connectivity index is 1.51. The van der Waals surface area contributed by atoms with Gasteiger partial charge in [0, 0.05) is 37.7 Å². The Bertz CT molecular complexity index is 843. The fraction of sp³-hybridized carbons (Fsp3) is 0.619. The molecule has 29 heavy (non-hydrogen) atoms. The minimum absolute atomic E-state index is 0.0150. The molecule has 1 heterocycles. The average Bonchev–Trinajstić information content (AvgIpc) is 3.38. The van der Waals surface area contributed by atoms with Crippen molar-refractivity contribution < 1.29 is 18.0 Å². The largest absolute Gasteiger partial charge is 0.355 e. The smallest absolute Gasteiger partial charge is 0.243 e. The molecule has 7 nitrogen and oxygen atoms in total. The highest BCUT2D eigenvalue weighted by Crippen LogP contribution is 2.37. The van der Waals surface area contributed by atoms with Crippen molar-refractivity contribution in [2.45, 2.75) is 44.9 Å². The minimum Gasteiger partial charge on any atom is -0.355 e. The summed E-state index contributed by atoms with van der Waals surface area (Å²) in [6, 6.07) is 6.27. The standard InChI is InChI=1S/C21H31N3O4S/c1-14-10-15(2)13-24(12-14)29(27,28)18-6-4-17(5-7-18)23-20(25)8-9-22-21(26)19-11-16(19)3/h4-7,14-16,19H,8-13H2,1-3H3,(H,22,26)(H,23,25). The molecule has 0 bridgehead atoms. The lowest BCUT2D eigenvalue weighted by Crippen LogP contribution is -2.42. The Morgan fingerprint density at radius 2 is 1.62 bits per heavy atom. The monoisotopic (exact) mass is 421 g/mol. The highest BCUT2D eigenvalue weighted by molar-refractivity contribution is 7.89. The number of nitrogens with zero attached hydrogens (tertiary/aromatic N) is 1. The van der Waals surface area contributed by atoms with Crippen LogP contribution < -0.4 is 10.6 Å². The lowest BCUT2D eigenvalue weighted by molar-refractivity contribution is -0.122. The maximum Gasteiger partial charge on any atom is 0.243 e. The number of carbonyl (C=O) groups excluding carboxylic acids is 2. The molecule has 0 radical (unpaired) electrons. The fourth-order valence-electron chi connectivity index (χ4n) is 4.00. The Labute approximate surface area is 173 Å². The first kappa shape index (κ1) is 21.8. The summed E-state index contributed by atoms with van der Waals surface area (Å²) in [5.41, 5.74) is 0.538. The molecule has 0 spiro atoms. The number of anilines is 1. The number of piperidine rings is 1. The molecule has 2 amide bonds. The second kappa shape index (κ2) is 8.83. The summed E-state index contributed by atoms with van der Waals surface area (Å²) < 4.78 is 27.4.